The smallest absolute Gasteiger partial charge is 0.328 e. The van der Waals surface area contributed by atoms with Crippen LogP contribution >= 0.6 is 0 Å². The normalized spacial score (nSPS) is 24.6. The number of carbonyl (C=O) groups is 1. The summed E-state index contributed by atoms with van der Waals surface area (Å²) in [7, 11) is 0. The Morgan fingerprint density at radius 1 is 1.30 bits per heavy atom. The maximum Gasteiger partial charge on any atom is 0.328 e. The van der Waals surface area contributed by atoms with Crippen LogP contribution in [0.5, 0.6) is 0 Å². The van der Waals surface area contributed by atoms with Crippen molar-refractivity contribution in [3.8, 4) is 0 Å². The molecule has 0 radical (unpaired) electrons. The second-order valence-corrected chi connectivity index (χ2v) is 5.50. The maximum atomic E-state index is 12.5. The van der Waals surface area contributed by atoms with Gasteiger partial charge in [-0.2, -0.15) is 0 Å². The molecule has 1 saturated heterocycles. The summed E-state index contributed by atoms with van der Waals surface area (Å²) in [6, 6.07) is 10.6. The second kappa shape index (κ2) is 6.89. The number of carbonyl (C=O) groups excluding carboxylic acids is 1. The Hall–Kier alpha value is -1.35. The van der Waals surface area contributed by atoms with Crippen LogP contribution in [0.3, 0.4) is 0 Å². The largest absolute Gasteiger partial charge is 0.465 e. The van der Waals surface area contributed by atoms with E-state index in [-0.39, 0.29) is 12.0 Å². The van der Waals surface area contributed by atoms with E-state index in [1.54, 1.807) is 0 Å². The van der Waals surface area contributed by atoms with Gasteiger partial charge >= 0.3 is 5.97 Å². The molecule has 1 heterocycles. The molecule has 1 aromatic rings. The van der Waals surface area contributed by atoms with Gasteiger partial charge in [0, 0.05) is 12.1 Å². The van der Waals surface area contributed by atoms with E-state index in [1.165, 1.54) is 6.42 Å². The molecule has 3 nitrogen and oxygen atoms in total. The van der Waals surface area contributed by atoms with Gasteiger partial charge in [-0.1, -0.05) is 37.3 Å². The van der Waals surface area contributed by atoms with Gasteiger partial charge in [0.2, 0.25) is 0 Å². The van der Waals surface area contributed by atoms with Crippen molar-refractivity contribution in [1.29, 1.82) is 0 Å². The van der Waals surface area contributed by atoms with Crippen LogP contribution in [-0.2, 0) is 9.53 Å². The molecule has 1 aliphatic rings. The van der Waals surface area contributed by atoms with E-state index >= 15 is 0 Å². The Morgan fingerprint density at radius 3 is 2.60 bits per heavy atom. The fraction of sp³-hybridized carbons (Fsp3) is 0.588. The summed E-state index contributed by atoms with van der Waals surface area (Å²) in [5.74, 6) is -0.120. The molecule has 0 aromatic heterocycles. The zero-order chi connectivity index (χ0) is 14.5. The minimum absolute atomic E-state index is 0.120. The Balaban J connectivity index is 2.33. The SMILES string of the molecule is CCOC(=O)C(c1ccccc1)N1C(C)CCC1CC. The summed E-state index contributed by atoms with van der Waals surface area (Å²) < 4.78 is 5.33. The molecule has 3 heteroatoms. The highest BCUT2D eigenvalue weighted by molar-refractivity contribution is 5.77. The molecule has 0 saturated carbocycles. The predicted octanol–water partition coefficient (Wildman–Crippen LogP) is 3.55. The van der Waals surface area contributed by atoms with E-state index in [4.69, 9.17) is 4.74 Å². The van der Waals surface area contributed by atoms with Crippen molar-refractivity contribution in [3.63, 3.8) is 0 Å². The summed E-state index contributed by atoms with van der Waals surface area (Å²) in [6.45, 7) is 6.71. The maximum absolute atomic E-state index is 12.5. The van der Waals surface area contributed by atoms with Crippen LogP contribution in [0.15, 0.2) is 30.3 Å². The summed E-state index contributed by atoms with van der Waals surface area (Å²) >= 11 is 0. The molecule has 0 N–H and O–H groups in total. The summed E-state index contributed by atoms with van der Waals surface area (Å²) in [5.41, 5.74) is 1.04. The monoisotopic (exact) mass is 275 g/mol. The fourth-order valence-corrected chi connectivity index (χ4v) is 3.26. The van der Waals surface area contributed by atoms with Crippen molar-refractivity contribution < 1.29 is 9.53 Å². The lowest BCUT2D eigenvalue weighted by molar-refractivity contribution is -0.151. The zero-order valence-electron chi connectivity index (χ0n) is 12.7. The van der Waals surface area contributed by atoms with E-state index in [9.17, 15) is 4.79 Å². The van der Waals surface area contributed by atoms with Gasteiger partial charge in [0.25, 0.3) is 0 Å². The van der Waals surface area contributed by atoms with E-state index in [2.05, 4.69) is 18.7 Å². The van der Waals surface area contributed by atoms with Crippen LogP contribution in [0.1, 0.15) is 51.6 Å². The number of esters is 1. The molecular formula is C17H25NO2. The summed E-state index contributed by atoms with van der Waals surface area (Å²) in [4.78, 5) is 14.8. The summed E-state index contributed by atoms with van der Waals surface area (Å²) in [5, 5.41) is 0. The van der Waals surface area contributed by atoms with Gasteiger partial charge in [-0.05, 0) is 38.7 Å². The van der Waals surface area contributed by atoms with Crippen molar-refractivity contribution in [3.05, 3.63) is 35.9 Å². The first-order chi connectivity index (χ1) is 9.69. The first-order valence-electron chi connectivity index (χ1n) is 7.68. The Kier molecular flexibility index (Phi) is 5.18. The van der Waals surface area contributed by atoms with E-state index in [0.717, 1.165) is 18.4 Å². The van der Waals surface area contributed by atoms with Gasteiger partial charge < -0.3 is 4.74 Å². The third-order valence-corrected chi connectivity index (χ3v) is 4.24. The third-order valence-electron chi connectivity index (χ3n) is 4.24. The van der Waals surface area contributed by atoms with Crippen LogP contribution in [0.25, 0.3) is 0 Å². The number of hydrogen-bond acceptors (Lipinski definition) is 3. The van der Waals surface area contributed by atoms with Gasteiger partial charge in [-0.25, -0.2) is 4.79 Å². The molecule has 110 valence electrons. The number of likely N-dealkylation sites (tertiary alicyclic amines) is 1. The lowest BCUT2D eigenvalue weighted by atomic mass is 10.0. The van der Waals surface area contributed by atoms with Crippen molar-refractivity contribution in [2.45, 2.75) is 58.2 Å². The lowest BCUT2D eigenvalue weighted by Crippen LogP contribution is -2.42. The number of rotatable bonds is 5. The highest BCUT2D eigenvalue weighted by Crippen LogP contribution is 2.35. The number of nitrogens with zero attached hydrogens (tertiary/aromatic N) is 1. The Labute approximate surface area is 121 Å². The first kappa shape index (κ1) is 15.0. The van der Waals surface area contributed by atoms with Crippen molar-refractivity contribution >= 4 is 5.97 Å². The average Bonchev–Trinajstić information content (AvgIpc) is 2.82. The Morgan fingerprint density at radius 2 is 2.00 bits per heavy atom. The van der Waals surface area contributed by atoms with E-state index in [1.807, 2.05) is 37.3 Å². The van der Waals surface area contributed by atoms with Crippen molar-refractivity contribution in [1.82, 2.24) is 4.90 Å². The van der Waals surface area contributed by atoms with Crippen LogP contribution in [0.2, 0.25) is 0 Å². The minimum atomic E-state index is -0.265. The first-order valence-corrected chi connectivity index (χ1v) is 7.68. The molecule has 20 heavy (non-hydrogen) atoms. The van der Waals surface area contributed by atoms with Crippen LogP contribution in [0.4, 0.5) is 0 Å². The molecule has 2 rings (SSSR count). The van der Waals surface area contributed by atoms with Gasteiger partial charge in [-0.3, -0.25) is 4.90 Å². The van der Waals surface area contributed by atoms with Gasteiger partial charge in [0.05, 0.1) is 6.61 Å². The number of hydrogen-bond donors (Lipinski definition) is 0. The highest BCUT2D eigenvalue weighted by Gasteiger charge is 2.39. The molecule has 0 spiro atoms. The topological polar surface area (TPSA) is 29.5 Å². The molecule has 0 amide bonds. The third kappa shape index (κ3) is 3.04. The molecule has 3 unspecified atom stereocenters. The zero-order valence-corrected chi connectivity index (χ0v) is 12.7. The fourth-order valence-electron chi connectivity index (χ4n) is 3.26. The predicted molar refractivity (Wildman–Crippen MR) is 80.4 cm³/mol. The van der Waals surface area contributed by atoms with Gasteiger partial charge in [0.15, 0.2) is 0 Å². The van der Waals surface area contributed by atoms with Crippen molar-refractivity contribution in [2.75, 3.05) is 6.61 Å². The summed E-state index contributed by atoms with van der Waals surface area (Å²) in [6.07, 6.45) is 3.40. The van der Waals surface area contributed by atoms with Crippen LogP contribution in [0, 0.1) is 0 Å². The quantitative estimate of drug-likeness (QED) is 0.770. The molecule has 1 fully saturated rings. The molecule has 0 bridgehead atoms. The van der Waals surface area contributed by atoms with Crippen LogP contribution < -0.4 is 0 Å². The lowest BCUT2D eigenvalue weighted by Gasteiger charge is -2.34. The number of benzene rings is 1. The van der Waals surface area contributed by atoms with Gasteiger partial charge in [0.1, 0.15) is 6.04 Å². The number of ether oxygens (including phenoxy) is 1. The van der Waals surface area contributed by atoms with E-state index < -0.39 is 0 Å². The Bertz CT molecular complexity index is 432. The molecule has 3 atom stereocenters. The van der Waals surface area contributed by atoms with Crippen LogP contribution in [-0.4, -0.2) is 29.6 Å². The molecular weight excluding hydrogens is 250 g/mol. The minimum Gasteiger partial charge on any atom is -0.465 e. The second-order valence-electron chi connectivity index (χ2n) is 5.50. The molecule has 1 aliphatic heterocycles. The highest BCUT2D eigenvalue weighted by atomic mass is 16.5. The van der Waals surface area contributed by atoms with Gasteiger partial charge in [-0.15, -0.1) is 0 Å². The molecule has 1 aromatic carbocycles. The van der Waals surface area contributed by atoms with E-state index in [0.29, 0.717) is 18.7 Å². The molecule has 0 aliphatic carbocycles. The standard InChI is InChI=1S/C17H25NO2/c1-4-15-12-11-13(3)18(15)16(17(19)20-5-2)14-9-7-6-8-10-14/h6-10,13,15-16H,4-5,11-12H2,1-3H3. The average molecular weight is 275 g/mol. The van der Waals surface area contributed by atoms with Crippen molar-refractivity contribution in [2.24, 2.45) is 0 Å².